The topological polar surface area (TPSA) is 77.8 Å². The molecule has 3 N–H and O–H groups in total. The zero-order valence-electron chi connectivity index (χ0n) is 4.46. The van der Waals surface area contributed by atoms with Crippen LogP contribution < -0.4 is 0 Å². The minimum absolute atomic E-state index is 0.413. The summed E-state index contributed by atoms with van der Waals surface area (Å²) in [4.78, 5) is 34.7. The Kier molecular flexibility index (Phi) is 2.50. The molecule has 0 rings (SSSR count). The Hall–Kier alpha value is -0.0200. The molecule has 0 atom stereocenters. The van der Waals surface area contributed by atoms with E-state index in [-0.39, 0.29) is 0 Å². The Morgan fingerprint density at radius 1 is 1.50 bits per heavy atom. The summed E-state index contributed by atoms with van der Waals surface area (Å²) < 4.78 is 0. The summed E-state index contributed by atoms with van der Waals surface area (Å²) in [6, 6.07) is 0. The van der Waals surface area contributed by atoms with Gasteiger partial charge in [0.25, 0.3) is 0 Å². The van der Waals surface area contributed by atoms with Gasteiger partial charge in [-0.1, -0.05) is 0 Å². The average molecular weight is 140 g/mol. The second kappa shape index (κ2) is 2.51. The zero-order valence-corrected chi connectivity index (χ0v) is 5.46. The molecule has 4 nitrogen and oxygen atoms in total. The van der Waals surface area contributed by atoms with E-state index in [0.29, 0.717) is 0 Å². The molecule has 5 heteroatoms. The number of hydrogen-bond donors (Lipinski definition) is 3. The molecule has 0 fully saturated rings. The molecule has 0 aromatic heterocycles. The van der Waals surface area contributed by atoms with Gasteiger partial charge in [-0.2, -0.15) is 0 Å². The van der Waals surface area contributed by atoms with Crippen LogP contribution in [0.2, 0.25) is 0 Å². The van der Waals surface area contributed by atoms with Crippen molar-refractivity contribution in [3.05, 3.63) is 0 Å². The molecule has 8 heavy (non-hydrogen) atoms. The van der Waals surface area contributed by atoms with Crippen molar-refractivity contribution in [2.75, 3.05) is 6.16 Å². The summed E-state index contributed by atoms with van der Waals surface area (Å²) in [6.45, 7) is 1.18. The van der Waals surface area contributed by atoms with Crippen LogP contribution in [0.1, 0.15) is 6.92 Å². The third-order valence-corrected chi connectivity index (χ3v) is 1.46. The Morgan fingerprint density at radius 3 is 1.88 bits per heavy atom. The SMILES string of the molecule is CC(=O)C[PH](O)(O)O. The number of carbonyl (C=O) groups excluding carboxylic acids is 1. The minimum atomic E-state index is -4.07. The molecule has 0 spiro atoms. The molecule has 50 valence electrons. The van der Waals surface area contributed by atoms with E-state index in [9.17, 15) is 4.79 Å². The maximum absolute atomic E-state index is 10.0. The van der Waals surface area contributed by atoms with Crippen LogP contribution >= 0.6 is 7.94 Å². The Balaban J connectivity index is 3.55. The van der Waals surface area contributed by atoms with E-state index in [1.807, 2.05) is 0 Å². The van der Waals surface area contributed by atoms with E-state index >= 15 is 0 Å². The van der Waals surface area contributed by atoms with Crippen molar-refractivity contribution >= 4 is 13.7 Å². The first-order chi connectivity index (χ1) is 3.42. The van der Waals surface area contributed by atoms with Crippen molar-refractivity contribution < 1.29 is 19.5 Å². The van der Waals surface area contributed by atoms with Crippen LogP contribution in [0.4, 0.5) is 0 Å². The first-order valence-corrected chi connectivity index (χ1v) is 4.13. The summed E-state index contributed by atoms with van der Waals surface area (Å²) in [5.41, 5.74) is 0. The Morgan fingerprint density at radius 2 is 1.88 bits per heavy atom. The van der Waals surface area contributed by atoms with E-state index in [1.165, 1.54) is 6.92 Å². The number of ketones is 1. The number of carbonyl (C=O) groups is 1. The van der Waals surface area contributed by atoms with E-state index in [4.69, 9.17) is 14.7 Å². The first kappa shape index (κ1) is 7.98. The van der Waals surface area contributed by atoms with Crippen molar-refractivity contribution in [3.63, 3.8) is 0 Å². The van der Waals surface area contributed by atoms with E-state index in [0.717, 1.165) is 0 Å². The second-order valence-corrected chi connectivity index (χ2v) is 3.56. The van der Waals surface area contributed by atoms with Gasteiger partial charge in [0, 0.05) is 0 Å². The first-order valence-electron chi connectivity index (χ1n) is 2.08. The molecule has 0 aliphatic rings. The molecular formula is C3H9O4P. The van der Waals surface area contributed by atoms with Gasteiger partial charge in [0.1, 0.15) is 0 Å². The summed E-state index contributed by atoms with van der Waals surface area (Å²) >= 11 is 0. The quantitative estimate of drug-likeness (QED) is 0.432. The molecule has 0 saturated carbocycles. The van der Waals surface area contributed by atoms with Crippen LogP contribution in [0.15, 0.2) is 0 Å². The van der Waals surface area contributed by atoms with E-state index < -0.39 is 19.9 Å². The Bertz CT molecular complexity index is 93.9. The van der Waals surface area contributed by atoms with Gasteiger partial charge in [-0.25, -0.2) is 0 Å². The van der Waals surface area contributed by atoms with Crippen LogP contribution in [-0.2, 0) is 4.79 Å². The molecular weight excluding hydrogens is 131 g/mol. The van der Waals surface area contributed by atoms with Crippen LogP contribution in [-0.4, -0.2) is 26.6 Å². The molecule has 0 aromatic rings. The fraction of sp³-hybridized carbons (Fsp3) is 0.667. The van der Waals surface area contributed by atoms with Gasteiger partial charge in [0.15, 0.2) is 0 Å². The predicted molar refractivity (Wildman–Crippen MR) is 30.5 cm³/mol. The molecule has 0 aromatic carbocycles. The van der Waals surface area contributed by atoms with Gasteiger partial charge in [-0.05, 0) is 0 Å². The van der Waals surface area contributed by atoms with E-state index in [1.54, 1.807) is 0 Å². The summed E-state index contributed by atoms with van der Waals surface area (Å²) in [7, 11) is -4.07. The number of rotatable bonds is 2. The van der Waals surface area contributed by atoms with Gasteiger partial charge in [0.2, 0.25) is 0 Å². The molecule has 0 radical (unpaired) electrons. The fourth-order valence-electron chi connectivity index (χ4n) is 0.334. The van der Waals surface area contributed by atoms with Gasteiger partial charge in [0.05, 0.1) is 0 Å². The molecule has 0 saturated heterocycles. The van der Waals surface area contributed by atoms with Crippen LogP contribution in [0.25, 0.3) is 0 Å². The zero-order chi connectivity index (χ0) is 6.78. The summed E-state index contributed by atoms with van der Waals surface area (Å²) in [6.07, 6.45) is -0.507. The number of hydrogen-bond acceptors (Lipinski definition) is 4. The molecule has 0 heterocycles. The third-order valence-electron chi connectivity index (χ3n) is 0.486. The van der Waals surface area contributed by atoms with Crippen molar-refractivity contribution in [2.45, 2.75) is 6.92 Å². The molecule has 0 bridgehead atoms. The van der Waals surface area contributed by atoms with Crippen LogP contribution in [0.3, 0.4) is 0 Å². The number of Topliss-reactive ketones (excluding diaryl/α,β-unsaturated/α-hetero) is 1. The Labute approximate surface area is 47.4 Å². The monoisotopic (exact) mass is 140 g/mol. The molecule has 0 aliphatic heterocycles. The van der Waals surface area contributed by atoms with Crippen molar-refractivity contribution in [2.24, 2.45) is 0 Å². The average Bonchev–Trinajstić information content (AvgIpc) is 1.21. The normalized spacial score (nSPS) is 13.5. The standard InChI is InChI=1S/C3H9O4P/c1-3(4)2-8(5,6)7/h5-8H,2H2,1H3. The van der Waals surface area contributed by atoms with Gasteiger partial charge < -0.3 is 0 Å². The van der Waals surface area contributed by atoms with Crippen LogP contribution in [0.5, 0.6) is 0 Å². The summed E-state index contributed by atoms with van der Waals surface area (Å²) in [5, 5.41) is 0. The molecule has 0 aliphatic carbocycles. The van der Waals surface area contributed by atoms with Crippen molar-refractivity contribution in [1.82, 2.24) is 0 Å². The van der Waals surface area contributed by atoms with Crippen LogP contribution in [0, 0.1) is 0 Å². The molecule has 0 unspecified atom stereocenters. The third kappa shape index (κ3) is 5.98. The van der Waals surface area contributed by atoms with Gasteiger partial charge >= 0.3 is 46.3 Å². The fourth-order valence-corrected chi connectivity index (χ4v) is 1.00. The predicted octanol–water partition coefficient (Wildman–Crippen LogP) is -0.953. The van der Waals surface area contributed by atoms with Gasteiger partial charge in [-0.3, -0.25) is 0 Å². The maximum atomic E-state index is 10.0. The van der Waals surface area contributed by atoms with Gasteiger partial charge in [-0.15, -0.1) is 0 Å². The molecule has 0 amide bonds. The van der Waals surface area contributed by atoms with Crippen molar-refractivity contribution in [1.29, 1.82) is 0 Å². The van der Waals surface area contributed by atoms with Crippen molar-refractivity contribution in [3.8, 4) is 0 Å². The second-order valence-electron chi connectivity index (χ2n) is 1.65. The summed E-state index contributed by atoms with van der Waals surface area (Å²) in [5.74, 6) is -0.413. The van der Waals surface area contributed by atoms with E-state index in [2.05, 4.69) is 0 Å².